The summed E-state index contributed by atoms with van der Waals surface area (Å²) in [7, 11) is 3.95. The van der Waals surface area contributed by atoms with Gasteiger partial charge in [0.1, 0.15) is 0 Å². The Morgan fingerprint density at radius 2 is 2.00 bits per heavy atom. The van der Waals surface area contributed by atoms with Gasteiger partial charge in [-0.2, -0.15) is 0 Å². The molecule has 2 aromatic rings. The molecule has 0 aliphatic heterocycles. The van der Waals surface area contributed by atoms with Crippen LogP contribution in [0.3, 0.4) is 0 Å². The second-order valence-corrected chi connectivity index (χ2v) is 4.79. The number of nitrogens with zero attached hydrogens (tertiary/aromatic N) is 2. The van der Waals surface area contributed by atoms with Gasteiger partial charge in [-0.15, -0.1) is 0 Å². The zero-order valence-electron chi connectivity index (χ0n) is 9.10. The lowest BCUT2D eigenvalue weighted by Crippen LogP contribution is -2.28. The second-order valence-electron chi connectivity index (χ2n) is 3.80. The normalized spacial score (nSPS) is 13.6. The molecule has 0 fully saturated rings. The van der Waals surface area contributed by atoms with Crippen molar-refractivity contribution in [3.8, 4) is 0 Å². The Kier molecular flexibility index (Phi) is 2.63. The smallest absolute Gasteiger partial charge is 0.289 e. The fourth-order valence-corrected chi connectivity index (χ4v) is 2.52. The standard InChI is InChI=1S/C11H14N2OS/c1-8(12(2)3)13-9-6-4-5-7-10(9)15-11(13)14/h4-8H,1-3H3. The number of hydrogen-bond acceptors (Lipinski definition) is 3. The van der Waals surface area contributed by atoms with Crippen LogP contribution in [-0.2, 0) is 0 Å². The first-order chi connectivity index (χ1) is 7.11. The van der Waals surface area contributed by atoms with Gasteiger partial charge in [-0.3, -0.25) is 14.3 Å². The van der Waals surface area contributed by atoms with Crippen molar-refractivity contribution in [3.63, 3.8) is 0 Å². The summed E-state index contributed by atoms with van der Waals surface area (Å²) in [5.74, 6) is 0. The van der Waals surface area contributed by atoms with Gasteiger partial charge in [0.25, 0.3) is 0 Å². The summed E-state index contributed by atoms with van der Waals surface area (Å²) in [6, 6.07) is 7.91. The lowest BCUT2D eigenvalue weighted by Gasteiger charge is -2.21. The van der Waals surface area contributed by atoms with E-state index in [0.717, 1.165) is 10.2 Å². The van der Waals surface area contributed by atoms with E-state index in [4.69, 9.17) is 0 Å². The van der Waals surface area contributed by atoms with Crippen LogP contribution in [-0.4, -0.2) is 23.6 Å². The third-order valence-electron chi connectivity index (χ3n) is 2.64. The maximum absolute atomic E-state index is 11.8. The van der Waals surface area contributed by atoms with Gasteiger partial charge in [0.15, 0.2) is 0 Å². The molecular formula is C11H14N2OS. The van der Waals surface area contributed by atoms with Gasteiger partial charge in [-0.1, -0.05) is 23.5 Å². The molecule has 0 N–H and O–H groups in total. The highest BCUT2D eigenvalue weighted by Crippen LogP contribution is 2.20. The van der Waals surface area contributed by atoms with Crippen LogP contribution < -0.4 is 4.87 Å². The lowest BCUT2D eigenvalue weighted by molar-refractivity contribution is 0.241. The second kappa shape index (κ2) is 3.79. The predicted octanol–water partition coefficient (Wildman–Crippen LogP) is 2.14. The molecule has 0 aliphatic carbocycles. The van der Waals surface area contributed by atoms with Crippen molar-refractivity contribution in [2.75, 3.05) is 14.1 Å². The van der Waals surface area contributed by atoms with E-state index in [0.29, 0.717) is 0 Å². The van der Waals surface area contributed by atoms with Crippen LogP contribution in [0.2, 0.25) is 0 Å². The number of hydrogen-bond donors (Lipinski definition) is 0. The van der Waals surface area contributed by atoms with E-state index in [1.807, 2.05) is 54.8 Å². The van der Waals surface area contributed by atoms with Crippen LogP contribution in [0.15, 0.2) is 29.1 Å². The highest BCUT2D eigenvalue weighted by Gasteiger charge is 2.13. The van der Waals surface area contributed by atoms with Crippen molar-refractivity contribution in [1.82, 2.24) is 9.47 Å². The molecule has 3 nitrogen and oxygen atoms in total. The monoisotopic (exact) mass is 222 g/mol. The van der Waals surface area contributed by atoms with Crippen LogP contribution in [0.25, 0.3) is 10.2 Å². The number of aromatic nitrogens is 1. The largest absolute Gasteiger partial charge is 0.309 e. The van der Waals surface area contributed by atoms with E-state index in [1.165, 1.54) is 11.3 Å². The molecule has 0 saturated heterocycles. The van der Waals surface area contributed by atoms with Crippen LogP contribution in [0.4, 0.5) is 0 Å². The molecule has 0 aliphatic rings. The van der Waals surface area contributed by atoms with Crippen molar-refractivity contribution in [2.45, 2.75) is 13.1 Å². The Morgan fingerprint density at radius 3 is 2.67 bits per heavy atom. The lowest BCUT2D eigenvalue weighted by atomic mass is 10.3. The van der Waals surface area contributed by atoms with Crippen molar-refractivity contribution < 1.29 is 0 Å². The average molecular weight is 222 g/mol. The van der Waals surface area contributed by atoms with Gasteiger partial charge < -0.3 is 0 Å². The maximum atomic E-state index is 11.8. The van der Waals surface area contributed by atoms with Gasteiger partial charge >= 0.3 is 4.87 Å². The Labute approximate surface area is 92.6 Å². The van der Waals surface area contributed by atoms with E-state index < -0.39 is 0 Å². The van der Waals surface area contributed by atoms with Gasteiger partial charge in [0.2, 0.25) is 0 Å². The van der Waals surface area contributed by atoms with Crippen molar-refractivity contribution in [2.24, 2.45) is 0 Å². The molecule has 1 atom stereocenters. The molecule has 4 heteroatoms. The maximum Gasteiger partial charge on any atom is 0.309 e. The van der Waals surface area contributed by atoms with E-state index >= 15 is 0 Å². The minimum atomic E-state index is 0.0913. The van der Waals surface area contributed by atoms with E-state index in [9.17, 15) is 4.79 Å². The van der Waals surface area contributed by atoms with Crippen LogP contribution in [0.1, 0.15) is 13.1 Å². The molecule has 80 valence electrons. The molecule has 0 saturated carbocycles. The molecular weight excluding hydrogens is 208 g/mol. The predicted molar refractivity (Wildman–Crippen MR) is 64.5 cm³/mol. The molecule has 15 heavy (non-hydrogen) atoms. The van der Waals surface area contributed by atoms with Gasteiger partial charge in [-0.25, -0.2) is 0 Å². The highest BCUT2D eigenvalue weighted by molar-refractivity contribution is 7.16. The third kappa shape index (κ3) is 1.70. The van der Waals surface area contributed by atoms with Crippen molar-refractivity contribution in [1.29, 1.82) is 0 Å². The topological polar surface area (TPSA) is 25.2 Å². The number of para-hydroxylation sites is 1. The summed E-state index contributed by atoms with van der Waals surface area (Å²) in [5.41, 5.74) is 1.02. The summed E-state index contributed by atoms with van der Waals surface area (Å²) in [5, 5.41) is 0. The molecule has 0 spiro atoms. The zero-order chi connectivity index (χ0) is 11.0. The minimum Gasteiger partial charge on any atom is -0.289 e. The molecule has 1 heterocycles. The van der Waals surface area contributed by atoms with Crippen molar-refractivity contribution in [3.05, 3.63) is 33.9 Å². The zero-order valence-corrected chi connectivity index (χ0v) is 9.91. The van der Waals surface area contributed by atoms with E-state index in [-0.39, 0.29) is 11.0 Å². The Bertz CT molecular complexity index is 527. The Morgan fingerprint density at radius 1 is 1.33 bits per heavy atom. The quantitative estimate of drug-likeness (QED) is 0.778. The fraction of sp³-hybridized carbons (Fsp3) is 0.364. The number of thiazole rings is 1. The summed E-state index contributed by atoms with van der Waals surface area (Å²) >= 11 is 1.31. The van der Waals surface area contributed by atoms with Crippen LogP contribution >= 0.6 is 11.3 Å². The first-order valence-corrected chi connectivity index (χ1v) is 5.69. The third-order valence-corrected chi connectivity index (χ3v) is 3.58. The molecule has 0 amide bonds. The van der Waals surface area contributed by atoms with E-state index in [2.05, 4.69) is 0 Å². The van der Waals surface area contributed by atoms with Gasteiger partial charge in [0, 0.05) is 0 Å². The van der Waals surface area contributed by atoms with Gasteiger partial charge in [0.05, 0.1) is 16.4 Å². The summed E-state index contributed by atoms with van der Waals surface area (Å²) in [6.45, 7) is 2.03. The Balaban J connectivity index is 2.69. The van der Waals surface area contributed by atoms with Crippen LogP contribution in [0.5, 0.6) is 0 Å². The minimum absolute atomic E-state index is 0.0913. The SMILES string of the molecule is CC(N(C)C)n1c(=O)sc2ccccc21. The number of fused-ring (bicyclic) bond motifs is 1. The van der Waals surface area contributed by atoms with Crippen LogP contribution in [0, 0.1) is 0 Å². The van der Waals surface area contributed by atoms with Gasteiger partial charge in [-0.05, 0) is 33.2 Å². The molecule has 2 rings (SSSR count). The molecule has 1 aromatic carbocycles. The first-order valence-electron chi connectivity index (χ1n) is 4.88. The average Bonchev–Trinajstić information content (AvgIpc) is 2.52. The summed E-state index contributed by atoms with van der Waals surface area (Å²) in [4.78, 5) is 14.0. The number of rotatable bonds is 2. The molecule has 0 radical (unpaired) electrons. The number of benzene rings is 1. The molecule has 0 bridgehead atoms. The first kappa shape index (κ1) is 10.4. The highest BCUT2D eigenvalue weighted by atomic mass is 32.1. The Hall–Kier alpha value is -1.13. The molecule has 1 aromatic heterocycles. The summed E-state index contributed by atoms with van der Waals surface area (Å²) < 4.78 is 2.89. The van der Waals surface area contributed by atoms with Crippen molar-refractivity contribution >= 4 is 21.6 Å². The van der Waals surface area contributed by atoms with E-state index in [1.54, 1.807) is 0 Å². The fourth-order valence-electron chi connectivity index (χ4n) is 1.57. The summed E-state index contributed by atoms with van der Waals surface area (Å²) in [6.07, 6.45) is 0.0913. The molecule has 1 unspecified atom stereocenters.